The highest BCUT2D eigenvalue weighted by Gasteiger charge is 2.21. The third kappa shape index (κ3) is 5.04. The molecule has 7 heteroatoms. The van der Waals surface area contributed by atoms with Crippen molar-refractivity contribution in [1.29, 1.82) is 0 Å². The van der Waals surface area contributed by atoms with E-state index in [0.717, 1.165) is 33.9 Å². The molecule has 0 aliphatic heterocycles. The lowest BCUT2D eigenvalue weighted by molar-refractivity contribution is -0.118. The zero-order chi connectivity index (χ0) is 20.8. The molecule has 0 atom stereocenters. The van der Waals surface area contributed by atoms with Gasteiger partial charge in [0.15, 0.2) is 5.13 Å². The van der Waals surface area contributed by atoms with E-state index in [9.17, 15) is 4.79 Å². The second-order valence-electron chi connectivity index (χ2n) is 6.65. The van der Waals surface area contributed by atoms with Crippen LogP contribution in [0.1, 0.15) is 18.6 Å². The minimum absolute atomic E-state index is 0.0473. The topological polar surface area (TPSA) is 55.6 Å². The first kappa shape index (κ1) is 20.5. The number of thioether (sulfide) groups is 1. The van der Waals surface area contributed by atoms with Gasteiger partial charge in [0.2, 0.25) is 5.91 Å². The monoisotopic (exact) mass is 438 g/mol. The number of anilines is 1. The second-order valence-corrected chi connectivity index (χ2v) is 8.83. The number of furan rings is 1. The number of hydrogen-bond donors (Lipinski definition) is 0. The van der Waals surface area contributed by atoms with Gasteiger partial charge in [0.1, 0.15) is 11.5 Å². The van der Waals surface area contributed by atoms with Gasteiger partial charge in [-0.1, -0.05) is 29.5 Å². The molecule has 2 aromatic carbocycles. The van der Waals surface area contributed by atoms with Crippen molar-refractivity contribution in [1.82, 2.24) is 4.98 Å². The summed E-state index contributed by atoms with van der Waals surface area (Å²) in [7, 11) is 1.63. The molecule has 0 saturated heterocycles. The van der Waals surface area contributed by atoms with Crippen molar-refractivity contribution < 1.29 is 13.9 Å². The van der Waals surface area contributed by atoms with E-state index in [-0.39, 0.29) is 5.91 Å². The van der Waals surface area contributed by atoms with E-state index in [1.807, 2.05) is 48.5 Å². The first-order valence-electron chi connectivity index (χ1n) is 9.68. The number of rotatable bonds is 9. The van der Waals surface area contributed by atoms with E-state index in [2.05, 4.69) is 12.1 Å². The summed E-state index contributed by atoms with van der Waals surface area (Å²) < 4.78 is 11.8. The SMILES string of the molecule is COc1ccc2sc(N(Cc3ccco3)C(=O)CCCSc3ccccc3)nc2c1. The molecule has 0 saturated carbocycles. The van der Waals surface area contributed by atoms with Crippen LogP contribution in [0.4, 0.5) is 5.13 Å². The largest absolute Gasteiger partial charge is 0.497 e. The number of nitrogens with zero attached hydrogens (tertiary/aromatic N) is 2. The highest BCUT2D eigenvalue weighted by Crippen LogP contribution is 2.32. The van der Waals surface area contributed by atoms with Gasteiger partial charge < -0.3 is 9.15 Å². The smallest absolute Gasteiger partial charge is 0.229 e. The Hall–Kier alpha value is -2.77. The molecule has 5 nitrogen and oxygen atoms in total. The zero-order valence-electron chi connectivity index (χ0n) is 16.6. The average Bonchev–Trinajstić information content (AvgIpc) is 3.44. The maximum atomic E-state index is 13.1. The predicted molar refractivity (Wildman–Crippen MR) is 122 cm³/mol. The Morgan fingerprint density at radius 3 is 2.80 bits per heavy atom. The van der Waals surface area contributed by atoms with Gasteiger partial charge in [-0.05, 0) is 48.6 Å². The molecule has 0 unspecified atom stereocenters. The fourth-order valence-electron chi connectivity index (χ4n) is 3.02. The van der Waals surface area contributed by atoms with E-state index >= 15 is 0 Å². The lowest BCUT2D eigenvalue weighted by atomic mass is 10.3. The molecule has 0 bridgehead atoms. The van der Waals surface area contributed by atoms with Crippen LogP contribution in [0.3, 0.4) is 0 Å². The molecule has 4 rings (SSSR count). The molecule has 0 aliphatic rings. The Kier molecular flexibility index (Phi) is 6.71. The van der Waals surface area contributed by atoms with Crippen molar-refractivity contribution in [3.63, 3.8) is 0 Å². The summed E-state index contributed by atoms with van der Waals surface area (Å²) in [6.45, 7) is 0.370. The minimum Gasteiger partial charge on any atom is -0.497 e. The number of amides is 1. The van der Waals surface area contributed by atoms with Gasteiger partial charge in [0.05, 0.1) is 30.1 Å². The van der Waals surface area contributed by atoms with Crippen molar-refractivity contribution in [3.05, 3.63) is 72.7 Å². The van der Waals surface area contributed by atoms with Crippen LogP contribution in [-0.4, -0.2) is 23.8 Å². The molecule has 0 N–H and O–H groups in total. The van der Waals surface area contributed by atoms with Crippen molar-refractivity contribution >= 4 is 44.4 Å². The Morgan fingerprint density at radius 1 is 1.17 bits per heavy atom. The van der Waals surface area contributed by atoms with Crippen molar-refractivity contribution in [2.24, 2.45) is 0 Å². The standard InChI is InChI=1S/C23H22N2O3S2/c1-27-17-11-12-21-20(15-17)24-23(30-21)25(16-18-7-5-13-28-18)22(26)10-6-14-29-19-8-3-2-4-9-19/h2-5,7-9,11-13,15H,6,10,14,16H2,1H3. The normalized spacial score (nSPS) is 11.0. The Morgan fingerprint density at radius 2 is 2.03 bits per heavy atom. The summed E-state index contributed by atoms with van der Waals surface area (Å²) in [6.07, 6.45) is 2.88. The third-order valence-electron chi connectivity index (χ3n) is 4.56. The number of fused-ring (bicyclic) bond motifs is 1. The van der Waals surface area contributed by atoms with E-state index in [0.29, 0.717) is 18.1 Å². The molecule has 2 heterocycles. The Labute approximate surface area is 183 Å². The highest BCUT2D eigenvalue weighted by molar-refractivity contribution is 7.99. The van der Waals surface area contributed by atoms with Gasteiger partial charge in [-0.25, -0.2) is 4.98 Å². The lowest BCUT2D eigenvalue weighted by Crippen LogP contribution is -2.30. The summed E-state index contributed by atoms with van der Waals surface area (Å²) in [4.78, 5) is 20.7. The fourth-order valence-corrected chi connectivity index (χ4v) is 4.86. The molecule has 30 heavy (non-hydrogen) atoms. The van der Waals surface area contributed by atoms with Crippen LogP contribution in [0.2, 0.25) is 0 Å². The number of benzene rings is 2. The number of thiazole rings is 1. The van der Waals surface area contributed by atoms with Crippen molar-refractivity contribution in [3.8, 4) is 5.75 Å². The molecule has 4 aromatic rings. The van der Waals surface area contributed by atoms with E-state index in [1.54, 1.807) is 30.0 Å². The van der Waals surface area contributed by atoms with Crippen LogP contribution in [-0.2, 0) is 11.3 Å². The van der Waals surface area contributed by atoms with Crippen molar-refractivity contribution in [2.45, 2.75) is 24.3 Å². The first-order chi connectivity index (χ1) is 14.7. The molecule has 2 aromatic heterocycles. The molecule has 0 fully saturated rings. The lowest BCUT2D eigenvalue weighted by Gasteiger charge is -2.18. The number of ether oxygens (including phenoxy) is 1. The molecule has 1 amide bonds. The molecule has 154 valence electrons. The second kappa shape index (κ2) is 9.82. The van der Waals surface area contributed by atoms with Gasteiger partial charge in [-0.2, -0.15) is 0 Å². The number of aromatic nitrogens is 1. The number of hydrogen-bond acceptors (Lipinski definition) is 6. The van der Waals surface area contributed by atoms with Gasteiger partial charge in [0.25, 0.3) is 0 Å². The van der Waals surface area contributed by atoms with Crippen LogP contribution in [0.5, 0.6) is 5.75 Å². The Balaban J connectivity index is 1.47. The summed E-state index contributed by atoms with van der Waals surface area (Å²) in [5.74, 6) is 2.42. The van der Waals surface area contributed by atoms with Gasteiger partial charge in [-0.15, -0.1) is 11.8 Å². The Bertz CT molecular complexity index is 1090. The van der Waals surface area contributed by atoms with Gasteiger partial charge in [-0.3, -0.25) is 9.69 Å². The zero-order valence-corrected chi connectivity index (χ0v) is 18.2. The van der Waals surface area contributed by atoms with Crippen LogP contribution in [0.25, 0.3) is 10.2 Å². The minimum atomic E-state index is 0.0473. The van der Waals surface area contributed by atoms with Crippen LogP contribution < -0.4 is 9.64 Å². The summed E-state index contributed by atoms with van der Waals surface area (Å²) in [5, 5.41) is 0.676. The maximum Gasteiger partial charge on any atom is 0.229 e. The summed E-state index contributed by atoms with van der Waals surface area (Å²) in [5.41, 5.74) is 0.825. The molecular weight excluding hydrogens is 416 g/mol. The quantitative estimate of drug-likeness (QED) is 0.237. The van der Waals surface area contributed by atoms with E-state index in [4.69, 9.17) is 14.1 Å². The van der Waals surface area contributed by atoms with Gasteiger partial charge in [0, 0.05) is 17.4 Å². The number of carbonyl (C=O) groups excluding carboxylic acids is 1. The predicted octanol–water partition coefficient (Wildman–Crippen LogP) is 6.00. The molecule has 0 aliphatic carbocycles. The summed E-state index contributed by atoms with van der Waals surface area (Å²) in [6, 6.07) is 19.7. The number of carbonyl (C=O) groups is 1. The van der Waals surface area contributed by atoms with Crippen LogP contribution in [0.15, 0.2) is 76.2 Å². The van der Waals surface area contributed by atoms with Gasteiger partial charge >= 0.3 is 0 Å². The van der Waals surface area contributed by atoms with Crippen LogP contribution in [0, 0.1) is 0 Å². The summed E-state index contributed by atoms with van der Waals surface area (Å²) >= 11 is 3.27. The first-order valence-corrected chi connectivity index (χ1v) is 11.5. The molecular formula is C23H22N2O3S2. The van der Waals surface area contributed by atoms with E-state index < -0.39 is 0 Å². The van der Waals surface area contributed by atoms with E-state index in [1.165, 1.54) is 16.2 Å². The molecule has 0 radical (unpaired) electrons. The maximum absolute atomic E-state index is 13.1. The number of methoxy groups -OCH3 is 1. The molecule has 0 spiro atoms. The third-order valence-corrected chi connectivity index (χ3v) is 6.71. The average molecular weight is 439 g/mol. The van der Waals surface area contributed by atoms with Crippen molar-refractivity contribution in [2.75, 3.05) is 17.8 Å². The highest BCUT2D eigenvalue weighted by atomic mass is 32.2. The fraction of sp³-hybridized carbons (Fsp3) is 0.217. The van der Waals surface area contributed by atoms with Crippen LogP contribution >= 0.6 is 23.1 Å².